The summed E-state index contributed by atoms with van der Waals surface area (Å²) < 4.78 is 0. The molecule has 3 heteroatoms. The van der Waals surface area contributed by atoms with Crippen molar-refractivity contribution in [1.82, 2.24) is 5.32 Å². The molecule has 3 atom stereocenters. The Labute approximate surface area is 124 Å². The standard InChI is InChI=1S/C17H32N2O/c1-2-3-4-5-6-7-8-9-10-11-12-15-13-17(20)16(18)14-19-15/h4-7,15-17,19-20H,2-3,8-14,18H2,1H3/b5-4-,7-6+/t15-,16+,17-/m1/s1. The summed E-state index contributed by atoms with van der Waals surface area (Å²) in [5.41, 5.74) is 5.77. The molecule has 1 fully saturated rings. The van der Waals surface area contributed by atoms with Crippen LogP contribution in [0.1, 0.15) is 58.3 Å². The Morgan fingerprint density at radius 3 is 2.60 bits per heavy atom. The zero-order chi connectivity index (χ0) is 14.6. The van der Waals surface area contributed by atoms with E-state index in [4.69, 9.17) is 5.73 Å². The van der Waals surface area contributed by atoms with E-state index in [1.807, 2.05) is 0 Å². The Balaban J connectivity index is 1.94. The first-order chi connectivity index (χ1) is 9.74. The minimum Gasteiger partial charge on any atom is -0.391 e. The highest BCUT2D eigenvalue weighted by Crippen LogP contribution is 2.14. The SMILES string of the molecule is CCC/C=C\C=C\CCCCC[C@@H]1C[C@@H](O)[C@@H](N)CN1. The normalized spacial score (nSPS) is 27.6. The van der Waals surface area contributed by atoms with E-state index in [1.54, 1.807) is 0 Å². The lowest BCUT2D eigenvalue weighted by Gasteiger charge is -2.32. The number of rotatable bonds is 9. The quantitative estimate of drug-likeness (QED) is 0.449. The van der Waals surface area contributed by atoms with Crippen molar-refractivity contribution in [3.05, 3.63) is 24.3 Å². The van der Waals surface area contributed by atoms with Crippen LogP contribution in [0.3, 0.4) is 0 Å². The van der Waals surface area contributed by atoms with Crippen molar-refractivity contribution in [2.75, 3.05) is 6.54 Å². The fraction of sp³-hybridized carbons (Fsp3) is 0.765. The molecule has 1 rings (SSSR count). The van der Waals surface area contributed by atoms with Crippen molar-refractivity contribution in [3.8, 4) is 0 Å². The molecule has 20 heavy (non-hydrogen) atoms. The number of nitrogens with two attached hydrogens (primary N) is 1. The molecule has 3 nitrogen and oxygen atoms in total. The first-order valence-corrected chi connectivity index (χ1v) is 8.22. The molecule has 0 aromatic carbocycles. The van der Waals surface area contributed by atoms with Gasteiger partial charge >= 0.3 is 0 Å². The molecule has 0 saturated carbocycles. The van der Waals surface area contributed by atoms with Crippen LogP contribution in [-0.4, -0.2) is 29.8 Å². The van der Waals surface area contributed by atoms with Gasteiger partial charge in [0.2, 0.25) is 0 Å². The van der Waals surface area contributed by atoms with Crippen molar-refractivity contribution in [2.45, 2.75) is 76.5 Å². The van der Waals surface area contributed by atoms with Crippen LogP contribution in [0, 0.1) is 0 Å². The summed E-state index contributed by atoms with van der Waals surface area (Å²) in [6.07, 6.45) is 17.8. The molecular formula is C17H32N2O. The van der Waals surface area contributed by atoms with Gasteiger partial charge in [-0.1, -0.05) is 50.5 Å². The summed E-state index contributed by atoms with van der Waals surface area (Å²) in [6.45, 7) is 2.95. The third-order valence-corrected chi connectivity index (χ3v) is 3.92. The van der Waals surface area contributed by atoms with E-state index in [0.29, 0.717) is 6.04 Å². The van der Waals surface area contributed by atoms with Gasteiger partial charge in [-0.05, 0) is 32.1 Å². The molecule has 1 saturated heterocycles. The molecule has 0 aromatic heterocycles. The van der Waals surface area contributed by atoms with Gasteiger partial charge in [-0.2, -0.15) is 0 Å². The van der Waals surface area contributed by atoms with Crippen LogP contribution in [0.4, 0.5) is 0 Å². The molecule has 0 aromatic rings. The number of aliphatic hydroxyl groups is 1. The zero-order valence-electron chi connectivity index (χ0n) is 12.9. The Kier molecular flexibility index (Phi) is 9.63. The number of hydrogen-bond donors (Lipinski definition) is 3. The predicted molar refractivity (Wildman–Crippen MR) is 86.7 cm³/mol. The largest absolute Gasteiger partial charge is 0.391 e. The van der Waals surface area contributed by atoms with Crippen molar-refractivity contribution in [2.24, 2.45) is 5.73 Å². The lowest BCUT2D eigenvalue weighted by atomic mass is 9.94. The summed E-state index contributed by atoms with van der Waals surface area (Å²) in [6, 6.07) is 0.370. The van der Waals surface area contributed by atoms with Crippen LogP contribution in [0.2, 0.25) is 0 Å². The highest BCUT2D eigenvalue weighted by molar-refractivity contribution is 5.02. The minimum atomic E-state index is -0.320. The molecule has 1 aliphatic rings. The maximum atomic E-state index is 9.73. The third kappa shape index (κ3) is 7.83. The molecule has 0 radical (unpaired) electrons. The van der Waals surface area contributed by atoms with Gasteiger partial charge in [-0.25, -0.2) is 0 Å². The Hall–Kier alpha value is -0.640. The second-order valence-electron chi connectivity index (χ2n) is 5.86. The lowest BCUT2D eigenvalue weighted by Crippen LogP contribution is -2.53. The van der Waals surface area contributed by atoms with Gasteiger partial charge < -0.3 is 16.2 Å². The van der Waals surface area contributed by atoms with Gasteiger partial charge in [0.25, 0.3) is 0 Å². The van der Waals surface area contributed by atoms with Crippen molar-refractivity contribution in [1.29, 1.82) is 0 Å². The summed E-state index contributed by atoms with van der Waals surface area (Å²) >= 11 is 0. The molecule has 4 N–H and O–H groups in total. The Morgan fingerprint density at radius 1 is 1.15 bits per heavy atom. The fourth-order valence-corrected chi connectivity index (χ4v) is 2.55. The zero-order valence-corrected chi connectivity index (χ0v) is 12.9. The molecular weight excluding hydrogens is 248 g/mol. The topological polar surface area (TPSA) is 58.3 Å². The molecule has 0 amide bonds. The summed E-state index contributed by atoms with van der Waals surface area (Å²) in [4.78, 5) is 0. The maximum absolute atomic E-state index is 9.73. The van der Waals surface area contributed by atoms with Gasteiger partial charge in [0, 0.05) is 18.6 Å². The highest BCUT2D eigenvalue weighted by Gasteiger charge is 2.25. The number of hydrogen-bond acceptors (Lipinski definition) is 3. The number of unbranched alkanes of at least 4 members (excludes halogenated alkanes) is 4. The average Bonchev–Trinajstić information content (AvgIpc) is 2.45. The first kappa shape index (κ1) is 17.4. The molecule has 1 heterocycles. The van der Waals surface area contributed by atoms with E-state index < -0.39 is 0 Å². The first-order valence-electron chi connectivity index (χ1n) is 8.22. The Bertz CT molecular complexity index is 289. The smallest absolute Gasteiger partial charge is 0.0718 e. The van der Waals surface area contributed by atoms with Gasteiger partial charge in [-0.3, -0.25) is 0 Å². The molecule has 0 aliphatic carbocycles. The number of aliphatic hydroxyl groups excluding tert-OH is 1. The second-order valence-corrected chi connectivity index (χ2v) is 5.86. The maximum Gasteiger partial charge on any atom is 0.0718 e. The monoisotopic (exact) mass is 280 g/mol. The predicted octanol–water partition coefficient (Wildman–Crippen LogP) is 2.90. The van der Waals surface area contributed by atoms with Gasteiger partial charge in [-0.15, -0.1) is 0 Å². The van der Waals surface area contributed by atoms with Crippen molar-refractivity contribution in [3.63, 3.8) is 0 Å². The number of piperidine rings is 1. The van der Waals surface area contributed by atoms with Crippen LogP contribution in [0.5, 0.6) is 0 Å². The molecule has 116 valence electrons. The van der Waals surface area contributed by atoms with Crippen LogP contribution < -0.4 is 11.1 Å². The Morgan fingerprint density at radius 2 is 1.90 bits per heavy atom. The molecule has 0 spiro atoms. The van der Waals surface area contributed by atoms with Crippen LogP contribution in [0.25, 0.3) is 0 Å². The van der Waals surface area contributed by atoms with E-state index in [0.717, 1.165) is 19.4 Å². The summed E-state index contributed by atoms with van der Waals surface area (Å²) in [5.74, 6) is 0. The van der Waals surface area contributed by atoms with E-state index in [9.17, 15) is 5.11 Å². The second kappa shape index (κ2) is 11.1. The van der Waals surface area contributed by atoms with Crippen LogP contribution in [0.15, 0.2) is 24.3 Å². The minimum absolute atomic E-state index is 0.0860. The van der Waals surface area contributed by atoms with Gasteiger partial charge in [0.05, 0.1) is 6.10 Å². The van der Waals surface area contributed by atoms with E-state index >= 15 is 0 Å². The number of nitrogens with one attached hydrogen (secondary N) is 1. The molecule has 0 unspecified atom stereocenters. The van der Waals surface area contributed by atoms with Crippen molar-refractivity contribution < 1.29 is 5.11 Å². The molecule has 0 bridgehead atoms. The third-order valence-electron chi connectivity index (χ3n) is 3.92. The van der Waals surface area contributed by atoms with E-state index in [1.165, 1.54) is 38.5 Å². The molecule has 1 aliphatic heterocycles. The summed E-state index contributed by atoms with van der Waals surface area (Å²) in [5, 5.41) is 13.2. The summed E-state index contributed by atoms with van der Waals surface area (Å²) in [7, 11) is 0. The van der Waals surface area contributed by atoms with Crippen LogP contribution in [-0.2, 0) is 0 Å². The number of allylic oxidation sites excluding steroid dienone is 4. The lowest BCUT2D eigenvalue weighted by molar-refractivity contribution is 0.0936. The van der Waals surface area contributed by atoms with E-state index in [2.05, 4.69) is 36.5 Å². The van der Waals surface area contributed by atoms with Gasteiger partial charge in [0.15, 0.2) is 0 Å². The highest BCUT2D eigenvalue weighted by atomic mass is 16.3. The van der Waals surface area contributed by atoms with Crippen LogP contribution >= 0.6 is 0 Å². The van der Waals surface area contributed by atoms with Crippen molar-refractivity contribution >= 4 is 0 Å². The fourth-order valence-electron chi connectivity index (χ4n) is 2.55. The average molecular weight is 280 g/mol. The van der Waals surface area contributed by atoms with E-state index in [-0.39, 0.29) is 12.1 Å². The van der Waals surface area contributed by atoms with Gasteiger partial charge in [0.1, 0.15) is 0 Å².